The largest absolute Gasteiger partial charge is 0.444 e. The third-order valence-electron chi connectivity index (χ3n) is 4.41. The van der Waals surface area contributed by atoms with Crippen LogP contribution >= 0.6 is 0 Å². The number of carbonyl (C=O) groups excluding carboxylic acids is 1. The van der Waals surface area contributed by atoms with Crippen LogP contribution in [0, 0.1) is 11.3 Å². The van der Waals surface area contributed by atoms with Crippen molar-refractivity contribution < 1.29 is 9.53 Å². The molecule has 130 valence electrons. The average Bonchev–Trinajstić information content (AvgIpc) is 2.35. The number of nitrogens with one attached hydrogen (secondary N) is 2. The Bertz CT molecular complexity index is 334. The van der Waals surface area contributed by atoms with Gasteiger partial charge in [-0.1, -0.05) is 20.8 Å². The van der Waals surface area contributed by atoms with Crippen molar-refractivity contribution in [2.45, 2.75) is 85.3 Å². The van der Waals surface area contributed by atoms with Crippen LogP contribution in [0.5, 0.6) is 0 Å². The fourth-order valence-electron chi connectivity index (χ4n) is 3.06. The van der Waals surface area contributed by atoms with Crippen LogP contribution in [0.2, 0.25) is 0 Å². The Balaban J connectivity index is 2.06. The predicted molar refractivity (Wildman–Crippen MR) is 92.1 cm³/mol. The molecule has 0 aliphatic heterocycles. The van der Waals surface area contributed by atoms with Crippen molar-refractivity contribution in [1.29, 1.82) is 0 Å². The van der Waals surface area contributed by atoms with Gasteiger partial charge >= 0.3 is 6.09 Å². The molecule has 0 radical (unpaired) electrons. The van der Waals surface area contributed by atoms with Crippen molar-refractivity contribution in [2.24, 2.45) is 11.3 Å². The predicted octanol–water partition coefficient (Wildman–Crippen LogP) is 4.10. The van der Waals surface area contributed by atoms with E-state index in [0.717, 1.165) is 18.9 Å². The molecule has 1 rings (SSSR count). The van der Waals surface area contributed by atoms with Crippen LogP contribution in [0.3, 0.4) is 0 Å². The Morgan fingerprint density at radius 3 is 2.09 bits per heavy atom. The van der Waals surface area contributed by atoms with Gasteiger partial charge in [-0.2, -0.15) is 0 Å². The maximum Gasteiger partial charge on any atom is 0.407 e. The van der Waals surface area contributed by atoms with Crippen LogP contribution in [0.15, 0.2) is 0 Å². The van der Waals surface area contributed by atoms with Crippen molar-refractivity contribution in [1.82, 2.24) is 10.6 Å². The molecule has 1 aliphatic rings. The van der Waals surface area contributed by atoms with Crippen molar-refractivity contribution in [3.8, 4) is 0 Å². The highest BCUT2D eigenvalue weighted by Gasteiger charge is 2.29. The summed E-state index contributed by atoms with van der Waals surface area (Å²) in [5.74, 6) is 0.861. The number of amides is 1. The van der Waals surface area contributed by atoms with E-state index in [0.29, 0.717) is 18.0 Å². The van der Waals surface area contributed by atoms with Gasteiger partial charge in [-0.15, -0.1) is 0 Å². The van der Waals surface area contributed by atoms with Gasteiger partial charge < -0.3 is 15.4 Å². The van der Waals surface area contributed by atoms with Crippen LogP contribution in [0.4, 0.5) is 4.79 Å². The van der Waals surface area contributed by atoms with Gasteiger partial charge in [0.2, 0.25) is 0 Å². The van der Waals surface area contributed by atoms with Gasteiger partial charge in [-0.3, -0.25) is 0 Å². The van der Waals surface area contributed by atoms with Gasteiger partial charge in [0.15, 0.2) is 0 Å². The maximum atomic E-state index is 11.5. The average molecular weight is 312 g/mol. The number of carbonyl (C=O) groups is 1. The lowest BCUT2D eigenvalue weighted by Gasteiger charge is -2.37. The molecule has 0 atom stereocenters. The molecule has 4 heteroatoms. The Morgan fingerprint density at radius 2 is 1.59 bits per heavy atom. The van der Waals surface area contributed by atoms with Gasteiger partial charge in [0, 0.05) is 12.6 Å². The van der Waals surface area contributed by atoms with E-state index in [1.54, 1.807) is 0 Å². The van der Waals surface area contributed by atoms with Crippen molar-refractivity contribution in [3.63, 3.8) is 0 Å². The lowest BCUT2D eigenvalue weighted by atomic mass is 9.71. The number of hydrogen-bond acceptors (Lipinski definition) is 3. The Labute approximate surface area is 136 Å². The molecule has 0 unspecified atom stereocenters. The quantitative estimate of drug-likeness (QED) is 0.752. The molecular formula is C18H36N2O2. The first-order valence-corrected chi connectivity index (χ1v) is 8.78. The van der Waals surface area contributed by atoms with E-state index in [4.69, 9.17) is 4.74 Å². The summed E-state index contributed by atoms with van der Waals surface area (Å²) in [5.41, 5.74) is 0.0241. The second-order valence-corrected chi connectivity index (χ2v) is 8.65. The number of ether oxygens (including phenoxy) is 1. The third kappa shape index (κ3) is 8.02. The molecule has 0 spiro atoms. The molecule has 22 heavy (non-hydrogen) atoms. The highest BCUT2D eigenvalue weighted by molar-refractivity contribution is 5.67. The second-order valence-electron chi connectivity index (χ2n) is 8.65. The number of rotatable bonds is 5. The summed E-state index contributed by atoms with van der Waals surface area (Å²) in [5, 5.41) is 6.43. The molecule has 0 aromatic rings. The smallest absolute Gasteiger partial charge is 0.407 e. The Morgan fingerprint density at radius 1 is 1.00 bits per heavy atom. The molecule has 0 bridgehead atoms. The van der Waals surface area contributed by atoms with Gasteiger partial charge in [0.1, 0.15) is 5.60 Å². The van der Waals surface area contributed by atoms with E-state index >= 15 is 0 Å². The summed E-state index contributed by atoms with van der Waals surface area (Å²) in [6, 6.07) is 0.653. The summed E-state index contributed by atoms with van der Waals surface area (Å²) in [6.07, 6.45) is 5.84. The molecule has 0 saturated heterocycles. The maximum absolute atomic E-state index is 11.5. The van der Waals surface area contributed by atoms with E-state index < -0.39 is 5.60 Å². The zero-order valence-corrected chi connectivity index (χ0v) is 15.4. The molecular weight excluding hydrogens is 276 g/mol. The van der Waals surface area contributed by atoms with Crippen molar-refractivity contribution in [2.75, 3.05) is 13.1 Å². The highest BCUT2D eigenvalue weighted by Crippen LogP contribution is 2.37. The van der Waals surface area contributed by atoms with E-state index in [1.165, 1.54) is 25.7 Å². The zero-order valence-electron chi connectivity index (χ0n) is 15.4. The standard InChI is InChI=1S/C18H36N2O2/c1-17(2,3)14-8-10-15(11-9-14)19-12-7-13-20-16(21)22-18(4,5)6/h14-15,19H,7-13H2,1-6H3,(H,20,21). The first-order chi connectivity index (χ1) is 10.1. The molecule has 1 fully saturated rings. The van der Waals surface area contributed by atoms with E-state index in [2.05, 4.69) is 31.4 Å². The summed E-state index contributed by atoms with van der Waals surface area (Å²) in [7, 11) is 0. The second kappa shape index (κ2) is 8.19. The summed E-state index contributed by atoms with van der Waals surface area (Å²) in [4.78, 5) is 11.5. The molecule has 0 heterocycles. The fraction of sp³-hybridized carbons (Fsp3) is 0.944. The van der Waals surface area contributed by atoms with E-state index in [1.807, 2.05) is 20.8 Å². The topological polar surface area (TPSA) is 50.4 Å². The van der Waals surface area contributed by atoms with Gasteiger partial charge in [0.05, 0.1) is 0 Å². The van der Waals surface area contributed by atoms with Crippen LogP contribution in [0.1, 0.15) is 73.6 Å². The molecule has 1 aliphatic carbocycles. The van der Waals surface area contributed by atoms with Gasteiger partial charge in [-0.05, 0) is 70.8 Å². The highest BCUT2D eigenvalue weighted by atomic mass is 16.6. The minimum Gasteiger partial charge on any atom is -0.444 e. The summed E-state index contributed by atoms with van der Waals surface area (Å²) < 4.78 is 5.21. The molecule has 1 amide bonds. The van der Waals surface area contributed by atoms with Gasteiger partial charge in [0.25, 0.3) is 0 Å². The molecule has 1 saturated carbocycles. The minimum atomic E-state index is -0.423. The first kappa shape index (κ1) is 19.3. The van der Waals surface area contributed by atoms with E-state index in [9.17, 15) is 4.79 Å². The Hall–Kier alpha value is -0.770. The summed E-state index contributed by atoms with van der Waals surface area (Å²) in [6.45, 7) is 14.3. The zero-order chi connectivity index (χ0) is 16.8. The summed E-state index contributed by atoms with van der Waals surface area (Å²) >= 11 is 0. The number of alkyl carbamates (subject to hydrolysis) is 1. The fourth-order valence-corrected chi connectivity index (χ4v) is 3.06. The van der Waals surface area contributed by atoms with Crippen molar-refractivity contribution >= 4 is 6.09 Å². The van der Waals surface area contributed by atoms with Crippen molar-refractivity contribution in [3.05, 3.63) is 0 Å². The first-order valence-electron chi connectivity index (χ1n) is 8.78. The molecule has 0 aromatic carbocycles. The lowest BCUT2D eigenvalue weighted by molar-refractivity contribution is 0.0527. The van der Waals surface area contributed by atoms with Crippen LogP contribution < -0.4 is 10.6 Å². The van der Waals surface area contributed by atoms with Crippen LogP contribution in [-0.4, -0.2) is 30.8 Å². The third-order valence-corrected chi connectivity index (χ3v) is 4.41. The van der Waals surface area contributed by atoms with Crippen LogP contribution in [0.25, 0.3) is 0 Å². The molecule has 2 N–H and O–H groups in total. The van der Waals surface area contributed by atoms with Gasteiger partial charge in [-0.25, -0.2) is 4.79 Å². The Kier molecular flexibility index (Phi) is 7.17. The monoisotopic (exact) mass is 312 g/mol. The van der Waals surface area contributed by atoms with E-state index in [-0.39, 0.29) is 6.09 Å². The number of hydrogen-bond donors (Lipinski definition) is 2. The minimum absolute atomic E-state index is 0.321. The normalized spacial score (nSPS) is 23.2. The van der Waals surface area contributed by atoms with Crippen LogP contribution in [-0.2, 0) is 4.74 Å². The molecule has 0 aromatic heterocycles. The SMILES string of the molecule is CC(C)(C)OC(=O)NCCCNC1CCC(C(C)(C)C)CC1. The molecule has 4 nitrogen and oxygen atoms in total. The lowest BCUT2D eigenvalue weighted by Crippen LogP contribution is -2.38.